The second-order valence-electron chi connectivity index (χ2n) is 3.39. The van der Waals surface area contributed by atoms with Crippen LogP contribution >= 0.6 is 31.9 Å². The molecule has 0 bridgehead atoms. The lowest BCUT2D eigenvalue weighted by Crippen LogP contribution is -2.06. The molecule has 0 radical (unpaired) electrons. The van der Waals surface area contributed by atoms with Gasteiger partial charge in [-0.2, -0.15) is 0 Å². The molecule has 0 saturated heterocycles. The summed E-state index contributed by atoms with van der Waals surface area (Å²) in [5, 5.41) is 0. The number of hydrogen-bond acceptors (Lipinski definition) is 2. The number of halogens is 4. The molecule has 0 aliphatic carbocycles. The lowest BCUT2D eigenvalue weighted by Gasteiger charge is -2.00. The average molecular weight is 355 g/mol. The summed E-state index contributed by atoms with van der Waals surface area (Å²) in [4.78, 5) is 6.96. The summed E-state index contributed by atoms with van der Waals surface area (Å²) in [6, 6.07) is -0.336. The van der Waals surface area contributed by atoms with E-state index in [2.05, 4.69) is 41.8 Å². The van der Waals surface area contributed by atoms with Crippen LogP contribution in [-0.4, -0.2) is 9.97 Å². The Morgan fingerprint density at radius 2 is 1.81 bits per heavy atom. The largest absolute Gasteiger partial charge is 0.340 e. The summed E-state index contributed by atoms with van der Waals surface area (Å²) < 4.78 is 26.8. The molecule has 1 aromatic heterocycles. The minimum absolute atomic E-state index is 0.00801. The molecular weight excluding hydrogens is 348 g/mol. The topological polar surface area (TPSA) is 54.7 Å². The number of nitrogens with one attached hydrogen (secondary N) is 1. The third-order valence-corrected chi connectivity index (χ3v) is 3.63. The highest BCUT2D eigenvalue weighted by atomic mass is 79.9. The molecule has 0 amide bonds. The number of benzene rings is 1. The van der Waals surface area contributed by atoms with Crippen molar-refractivity contribution in [1.29, 1.82) is 0 Å². The summed E-state index contributed by atoms with van der Waals surface area (Å²) in [5.41, 5.74) is 6.35. The van der Waals surface area contributed by atoms with E-state index in [-0.39, 0.29) is 15.0 Å². The summed E-state index contributed by atoms with van der Waals surface area (Å²) in [7, 11) is 0. The highest BCUT2D eigenvalue weighted by Gasteiger charge is 2.20. The molecule has 16 heavy (non-hydrogen) atoms. The fourth-order valence-corrected chi connectivity index (χ4v) is 2.25. The van der Waals surface area contributed by atoms with Crippen molar-refractivity contribution in [3.63, 3.8) is 0 Å². The molecule has 1 aromatic carbocycles. The van der Waals surface area contributed by atoms with Crippen LogP contribution in [0.25, 0.3) is 11.0 Å². The third kappa shape index (κ3) is 1.66. The maximum atomic E-state index is 13.4. The molecule has 3 nitrogen and oxygen atoms in total. The van der Waals surface area contributed by atoms with Gasteiger partial charge in [-0.25, -0.2) is 13.8 Å². The molecular formula is C9H7Br2F2N3. The van der Waals surface area contributed by atoms with E-state index in [0.29, 0.717) is 16.9 Å². The quantitative estimate of drug-likeness (QED) is 0.609. The maximum Gasteiger partial charge on any atom is 0.176 e. The van der Waals surface area contributed by atoms with Crippen molar-refractivity contribution in [3.8, 4) is 0 Å². The van der Waals surface area contributed by atoms with Crippen LogP contribution in [0, 0.1) is 11.6 Å². The van der Waals surface area contributed by atoms with Gasteiger partial charge in [-0.1, -0.05) is 0 Å². The second kappa shape index (κ2) is 4.05. The Balaban J connectivity index is 2.86. The molecule has 0 spiro atoms. The van der Waals surface area contributed by atoms with Gasteiger partial charge in [0.15, 0.2) is 11.6 Å². The van der Waals surface area contributed by atoms with Crippen molar-refractivity contribution < 1.29 is 8.78 Å². The summed E-state index contributed by atoms with van der Waals surface area (Å²) in [6.07, 6.45) is 0. The van der Waals surface area contributed by atoms with E-state index >= 15 is 0 Å². The van der Waals surface area contributed by atoms with Gasteiger partial charge >= 0.3 is 0 Å². The SMILES string of the molecule is C[C@H](N)c1nc2c(Br)c(F)c(F)c(Br)c2[nH]1. The predicted octanol–water partition coefficient (Wildman–Crippen LogP) is 3.39. The van der Waals surface area contributed by atoms with E-state index in [1.807, 2.05) is 0 Å². The van der Waals surface area contributed by atoms with Gasteiger partial charge in [0.2, 0.25) is 0 Å². The molecule has 0 saturated carbocycles. The summed E-state index contributed by atoms with van der Waals surface area (Å²) >= 11 is 5.95. The monoisotopic (exact) mass is 353 g/mol. The van der Waals surface area contributed by atoms with E-state index in [9.17, 15) is 8.78 Å². The van der Waals surface area contributed by atoms with Crippen molar-refractivity contribution in [3.05, 3.63) is 26.4 Å². The fraction of sp³-hybridized carbons (Fsp3) is 0.222. The standard InChI is InChI=1S/C9H7Br2F2N3/c1-2(14)9-15-7-3(10)5(12)6(13)4(11)8(7)16-9/h2H,14H2,1H3,(H,15,16)/t2-/m0/s1. The van der Waals surface area contributed by atoms with E-state index in [4.69, 9.17) is 5.73 Å². The number of nitrogens with zero attached hydrogens (tertiary/aromatic N) is 1. The zero-order valence-electron chi connectivity index (χ0n) is 8.11. The van der Waals surface area contributed by atoms with Crippen molar-refractivity contribution >= 4 is 42.9 Å². The average Bonchev–Trinajstić information content (AvgIpc) is 2.68. The van der Waals surface area contributed by atoms with Gasteiger partial charge in [0.1, 0.15) is 11.3 Å². The molecule has 2 aromatic rings. The summed E-state index contributed by atoms with van der Waals surface area (Å²) in [6.45, 7) is 1.73. The van der Waals surface area contributed by atoms with Gasteiger partial charge in [0.05, 0.1) is 20.5 Å². The molecule has 86 valence electrons. The van der Waals surface area contributed by atoms with Gasteiger partial charge in [-0.15, -0.1) is 0 Å². The van der Waals surface area contributed by atoms with Crippen molar-refractivity contribution in [1.82, 2.24) is 9.97 Å². The molecule has 2 rings (SSSR count). The van der Waals surface area contributed by atoms with Crippen LogP contribution in [-0.2, 0) is 0 Å². The summed E-state index contributed by atoms with van der Waals surface area (Å²) in [5.74, 6) is -1.46. The first kappa shape index (κ1) is 11.9. The third-order valence-electron chi connectivity index (χ3n) is 2.16. The number of hydrogen-bond donors (Lipinski definition) is 2. The van der Waals surface area contributed by atoms with E-state index in [1.54, 1.807) is 6.92 Å². The van der Waals surface area contributed by atoms with Crippen LogP contribution in [0.3, 0.4) is 0 Å². The molecule has 0 unspecified atom stereocenters. The lowest BCUT2D eigenvalue weighted by molar-refractivity contribution is 0.502. The number of aromatic nitrogens is 2. The number of nitrogens with two attached hydrogens (primary N) is 1. The van der Waals surface area contributed by atoms with Crippen molar-refractivity contribution in [2.75, 3.05) is 0 Å². The Morgan fingerprint density at radius 3 is 2.38 bits per heavy atom. The molecule has 0 aliphatic heterocycles. The first-order valence-corrected chi connectivity index (χ1v) is 5.99. The first-order valence-electron chi connectivity index (χ1n) is 4.40. The molecule has 1 heterocycles. The molecule has 1 atom stereocenters. The lowest BCUT2D eigenvalue weighted by atomic mass is 10.3. The van der Waals surface area contributed by atoms with Crippen LogP contribution < -0.4 is 5.73 Å². The molecule has 3 N–H and O–H groups in total. The predicted molar refractivity (Wildman–Crippen MR) is 64.0 cm³/mol. The second-order valence-corrected chi connectivity index (χ2v) is 4.98. The van der Waals surface area contributed by atoms with Gasteiger partial charge in [0, 0.05) is 0 Å². The van der Waals surface area contributed by atoms with Crippen molar-refractivity contribution in [2.45, 2.75) is 13.0 Å². The number of fused-ring (bicyclic) bond motifs is 1. The van der Waals surface area contributed by atoms with Crippen LogP contribution in [0.1, 0.15) is 18.8 Å². The zero-order chi connectivity index (χ0) is 12.0. The molecule has 0 fully saturated rings. The first-order chi connectivity index (χ1) is 7.43. The normalized spacial score (nSPS) is 13.4. The highest BCUT2D eigenvalue weighted by molar-refractivity contribution is 9.11. The number of rotatable bonds is 1. The van der Waals surface area contributed by atoms with Crippen molar-refractivity contribution in [2.24, 2.45) is 5.73 Å². The van der Waals surface area contributed by atoms with E-state index in [1.165, 1.54) is 0 Å². The number of aromatic amines is 1. The minimum Gasteiger partial charge on any atom is -0.340 e. The van der Waals surface area contributed by atoms with Gasteiger partial charge < -0.3 is 10.7 Å². The Kier molecular flexibility index (Phi) is 3.02. The molecule has 0 aliphatic rings. The Hall–Kier alpha value is -0.530. The number of imidazole rings is 1. The maximum absolute atomic E-state index is 13.4. The van der Waals surface area contributed by atoms with Crippen LogP contribution in [0.15, 0.2) is 8.95 Å². The highest BCUT2D eigenvalue weighted by Crippen LogP contribution is 2.34. The van der Waals surface area contributed by atoms with Gasteiger partial charge in [0.25, 0.3) is 0 Å². The van der Waals surface area contributed by atoms with Crippen LogP contribution in [0.5, 0.6) is 0 Å². The molecule has 7 heteroatoms. The smallest absolute Gasteiger partial charge is 0.176 e. The van der Waals surface area contributed by atoms with Gasteiger partial charge in [-0.3, -0.25) is 0 Å². The van der Waals surface area contributed by atoms with E-state index < -0.39 is 11.6 Å². The van der Waals surface area contributed by atoms with Crippen LogP contribution in [0.2, 0.25) is 0 Å². The fourth-order valence-electron chi connectivity index (χ4n) is 1.33. The zero-order valence-corrected chi connectivity index (χ0v) is 11.3. The van der Waals surface area contributed by atoms with Gasteiger partial charge in [-0.05, 0) is 38.8 Å². The van der Waals surface area contributed by atoms with E-state index in [0.717, 1.165) is 0 Å². The minimum atomic E-state index is -0.970. The Morgan fingerprint density at radius 1 is 1.25 bits per heavy atom. The number of H-pyrrole nitrogens is 1. The Bertz CT molecular complexity index is 521. The Labute approximate surface area is 107 Å². The van der Waals surface area contributed by atoms with Crippen LogP contribution in [0.4, 0.5) is 8.78 Å².